The lowest BCUT2D eigenvalue weighted by Gasteiger charge is -2.28. The third-order valence-electron chi connectivity index (χ3n) is 6.15. The second-order valence-corrected chi connectivity index (χ2v) is 7.85. The van der Waals surface area contributed by atoms with E-state index in [1.54, 1.807) is 12.0 Å². The fourth-order valence-electron chi connectivity index (χ4n) is 4.64. The summed E-state index contributed by atoms with van der Waals surface area (Å²) in [7, 11) is 1.66. The number of hydrogen-bond donors (Lipinski definition) is 0. The van der Waals surface area contributed by atoms with Crippen molar-refractivity contribution in [1.29, 1.82) is 0 Å². The van der Waals surface area contributed by atoms with E-state index in [0.717, 1.165) is 48.4 Å². The Morgan fingerprint density at radius 1 is 1.17 bits per heavy atom. The summed E-state index contributed by atoms with van der Waals surface area (Å²) < 4.78 is 5.35. The number of hydrogen-bond acceptors (Lipinski definition) is 3. The van der Waals surface area contributed by atoms with E-state index in [0.29, 0.717) is 6.54 Å². The number of aryl methyl sites for hydroxylation is 1. The normalized spacial score (nSPS) is 21.7. The molecule has 0 N–H and O–H groups in total. The van der Waals surface area contributed by atoms with Crippen LogP contribution in [0.15, 0.2) is 48.5 Å². The van der Waals surface area contributed by atoms with Gasteiger partial charge in [0.15, 0.2) is 0 Å². The maximum Gasteiger partial charge on any atom is 0.228 e. The third-order valence-corrected chi connectivity index (χ3v) is 6.15. The predicted octanol–water partition coefficient (Wildman–Crippen LogP) is 3.97. The zero-order chi connectivity index (χ0) is 20.4. The first-order valence-corrected chi connectivity index (χ1v) is 10.4. The number of anilines is 1. The molecule has 5 nitrogen and oxygen atoms in total. The Hall–Kier alpha value is -2.82. The summed E-state index contributed by atoms with van der Waals surface area (Å²) in [5.41, 5.74) is 3.19. The molecule has 0 saturated carbocycles. The molecule has 2 saturated heterocycles. The third kappa shape index (κ3) is 3.74. The quantitative estimate of drug-likeness (QED) is 0.774. The van der Waals surface area contributed by atoms with Gasteiger partial charge in [-0.3, -0.25) is 9.59 Å². The van der Waals surface area contributed by atoms with Gasteiger partial charge in [0.2, 0.25) is 11.8 Å². The van der Waals surface area contributed by atoms with Crippen LogP contribution in [-0.2, 0) is 16.0 Å². The van der Waals surface area contributed by atoms with E-state index in [2.05, 4.69) is 19.1 Å². The van der Waals surface area contributed by atoms with E-state index in [4.69, 9.17) is 4.74 Å². The molecular formula is C24H28N2O3. The Morgan fingerprint density at radius 3 is 2.79 bits per heavy atom. The monoisotopic (exact) mass is 392 g/mol. The predicted molar refractivity (Wildman–Crippen MR) is 113 cm³/mol. The van der Waals surface area contributed by atoms with Crippen molar-refractivity contribution >= 4 is 17.5 Å². The number of benzene rings is 2. The summed E-state index contributed by atoms with van der Waals surface area (Å²) in [6.45, 7) is 3.30. The highest BCUT2D eigenvalue weighted by atomic mass is 16.5. The minimum absolute atomic E-state index is 0.0429. The van der Waals surface area contributed by atoms with E-state index in [-0.39, 0.29) is 30.2 Å². The zero-order valence-electron chi connectivity index (χ0n) is 17.1. The van der Waals surface area contributed by atoms with E-state index in [1.807, 2.05) is 41.3 Å². The van der Waals surface area contributed by atoms with Crippen molar-refractivity contribution in [2.24, 2.45) is 5.92 Å². The SMILES string of the molecule is CCc1ccccc1N1CC(C(=O)N2CCCC2c2cccc(OC)c2)CC1=O. The zero-order valence-corrected chi connectivity index (χ0v) is 17.1. The van der Waals surface area contributed by atoms with Gasteiger partial charge in [-0.05, 0) is 48.6 Å². The Morgan fingerprint density at radius 2 is 2.00 bits per heavy atom. The molecule has 2 aliphatic rings. The lowest BCUT2D eigenvalue weighted by Crippen LogP contribution is -2.37. The molecule has 0 spiro atoms. The highest BCUT2D eigenvalue weighted by molar-refractivity contribution is 6.01. The summed E-state index contributed by atoms with van der Waals surface area (Å²) in [5, 5.41) is 0. The molecule has 4 rings (SSSR count). The molecule has 5 heteroatoms. The molecule has 0 radical (unpaired) electrons. The van der Waals surface area contributed by atoms with Gasteiger partial charge in [0, 0.05) is 25.2 Å². The summed E-state index contributed by atoms with van der Waals surface area (Å²) in [6, 6.07) is 16.0. The number of carbonyl (C=O) groups is 2. The fourth-order valence-corrected chi connectivity index (χ4v) is 4.64. The second kappa shape index (κ2) is 8.27. The molecule has 0 bridgehead atoms. The summed E-state index contributed by atoms with van der Waals surface area (Å²) in [5.74, 6) is 0.667. The van der Waals surface area contributed by atoms with Crippen LogP contribution in [0.25, 0.3) is 0 Å². The van der Waals surface area contributed by atoms with Crippen molar-refractivity contribution in [3.63, 3.8) is 0 Å². The lowest BCUT2D eigenvalue weighted by atomic mass is 10.0. The molecule has 2 aromatic carbocycles. The highest BCUT2D eigenvalue weighted by Gasteiger charge is 2.41. The van der Waals surface area contributed by atoms with Gasteiger partial charge < -0.3 is 14.5 Å². The van der Waals surface area contributed by atoms with Crippen LogP contribution in [0.1, 0.15) is 43.4 Å². The summed E-state index contributed by atoms with van der Waals surface area (Å²) >= 11 is 0. The van der Waals surface area contributed by atoms with Crippen LogP contribution in [0.2, 0.25) is 0 Å². The maximum absolute atomic E-state index is 13.4. The van der Waals surface area contributed by atoms with Gasteiger partial charge in [0.05, 0.1) is 19.1 Å². The van der Waals surface area contributed by atoms with Crippen LogP contribution in [0, 0.1) is 5.92 Å². The average Bonchev–Trinajstić information content (AvgIpc) is 3.40. The molecule has 2 heterocycles. The fraction of sp³-hybridized carbons (Fsp3) is 0.417. The van der Waals surface area contributed by atoms with Crippen LogP contribution in [0.4, 0.5) is 5.69 Å². The lowest BCUT2D eigenvalue weighted by molar-refractivity contribution is -0.136. The summed E-state index contributed by atoms with van der Waals surface area (Å²) in [4.78, 5) is 29.9. The first-order chi connectivity index (χ1) is 14.1. The molecule has 29 heavy (non-hydrogen) atoms. The van der Waals surface area contributed by atoms with Crippen LogP contribution in [0.5, 0.6) is 5.75 Å². The van der Waals surface area contributed by atoms with Crippen molar-refractivity contribution in [2.75, 3.05) is 25.1 Å². The van der Waals surface area contributed by atoms with Crippen LogP contribution in [0.3, 0.4) is 0 Å². The minimum Gasteiger partial charge on any atom is -0.497 e. The molecule has 2 aromatic rings. The standard InChI is InChI=1S/C24H28N2O3/c1-3-17-8-4-5-11-21(17)26-16-19(15-23(26)27)24(28)25-13-7-12-22(25)18-9-6-10-20(14-18)29-2/h4-6,8-11,14,19,22H,3,7,12-13,15-16H2,1-2H3. The van der Waals surface area contributed by atoms with E-state index < -0.39 is 0 Å². The van der Waals surface area contributed by atoms with Crippen LogP contribution in [-0.4, -0.2) is 36.9 Å². The molecule has 2 unspecified atom stereocenters. The average molecular weight is 392 g/mol. The number of nitrogens with zero attached hydrogens (tertiary/aromatic N) is 2. The molecule has 152 valence electrons. The minimum atomic E-state index is -0.279. The second-order valence-electron chi connectivity index (χ2n) is 7.85. The van der Waals surface area contributed by atoms with Gasteiger partial charge >= 0.3 is 0 Å². The molecule has 2 amide bonds. The van der Waals surface area contributed by atoms with Gasteiger partial charge in [-0.25, -0.2) is 0 Å². The summed E-state index contributed by atoms with van der Waals surface area (Å²) in [6.07, 6.45) is 3.08. The number of rotatable bonds is 5. The number of carbonyl (C=O) groups excluding carboxylic acids is 2. The number of para-hydroxylation sites is 1. The van der Waals surface area contributed by atoms with Crippen molar-refractivity contribution in [3.05, 3.63) is 59.7 Å². The Kier molecular flexibility index (Phi) is 5.56. The van der Waals surface area contributed by atoms with Gasteiger partial charge in [0.1, 0.15) is 5.75 Å². The van der Waals surface area contributed by atoms with Crippen LogP contribution >= 0.6 is 0 Å². The molecule has 0 aliphatic carbocycles. The van der Waals surface area contributed by atoms with E-state index >= 15 is 0 Å². The molecule has 2 atom stereocenters. The van der Waals surface area contributed by atoms with Crippen molar-refractivity contribution < 1.29 is 14.3 Å². The number of methoxy groups -OCH3 is 1. The van der Waals surface area contributed by atoms with Crippen LogP contribution < -0.4 is 9.64 Å². The number of likely N-dealkylation sites (tertiary alicyclic amines) is 1. The van der Waals surface area contributed by atoms with Crippen molar-refractivity contribution in [1.82, 2.24) is 4.90 Å². The first-order valence-electron chi connectivity index (χ1n) is 10.4. The van der Waals surface area contributed by atoms with Gasteiger partial charge in [0.25, 0.3) is 0 Å². The topological polar surface area (TPSA) is 49.9 Å². The largest absolute Gasteiger partial charge is 0.497 e. The van der Waals surface area contributed by atoms with Crippen molar-refractivity contribution in [2.45, 2.75) is 38.6 Å². The van der Waals surface area contributed by atoms with E-state index in [1.165, 1.54) is 0 Å². The number of amides is 2. The van der Waals surface area contributed by atoms with Crippen molar-refractivity contribution in [3.8, 4) is 5.75 Å². The maximum atomic E-state index is 13.4. The highest BCUT2D eigenvalue weighted by Crippen LogP contribution is 2.37. The van der Waals surface area contributed by atoms with Gasteiger partial charge in [-0.15, -0.1) is 0 Å². The Bertz CT molecular complexity index is 911. The molecule has 0 aromatic heterocycles. The molecular weight excluding hydrogens is 364 g/mol. The Balaban J connectivity index is 1.53. The van der Waals surface area contributed by atoms with E-state index in [9.17, 15) is 9.59 Å². The first kappa shape index (κ1) is 19.5. The smallest absolute Gasteiger partial charge is 0.228 e. The Labute approximate surface area is 172 Å². The molecule has 2 fully saturated rings. The number of ether oxygens (including phenoxy) is 1. The van der Waals surface area contributed by atoms with Gasteiger partial charge in [-0.1, -0.05) is 37.3 Å². The molecule has 2 aliphatic heterocycles. The van der Waals surface area contributed by atoms with Gasteiger partial charge in [-0.2, -0.15) is 0 Å².